The summed E-state index contributed by atoms with van der Waals surface area (Å²) in [5, 5.41) is 13.5. The lowest BCUT2D eigenvalue weighted by Gasteiger charge is -2.17. The normalized spacial score (nSPS) is 15.0. The molecular formula is C9H18N4O2. The monoisotopic (exact) mass is 214 g/mol. The SMILES string of the molecule is CCN(C)c1noc(CC(C)(O)CN)n1. The second-order valence-corrected chi connectivity index (χ2v) is 3.88. The van der Waals surface area contributed by atoms with E-state index in [9.17, 15) is 5.11 Å². The predicted octanol–water partition coefficient (Wildman–Crippen LogP) is -0.222. The summed E-state index contributed by atoms with van der Waals surface area (Å²) in [5.41, 5.74) is 4.41. The summed E-state index contributed by atoms with van der Waals surface area (Å²) in [6.07, 6.45) is 0.272. The zero-order valence-electron chi connectivity index (χ0n) is 9.40. The molecule has 0 aliphatic carbocycles. The van der Waals surface area contributed by atoms with Gasteiger partial charge in [0.05, 0.1) is 12.0 Å². The van der Waals surface area contributed by atoms with E-state index in [0.29, 0.717) is 11.8 Å². The molecule has 6 heteroatoms. The van der Waals surface area contributed by atoms with Crippen LogP contribution in [0.4, 0.5) is 5.95 Å². The molecule has 1 unspecified atom stereocenters. The van der Waals surface area contributed by atoms with E-state index in [0.717, 1.165) is 6.54 Å². The molecule has 1 aromatic rings. The van der Waals surface area contributed by atoms with Crippen molar-refractivity contribution in [3.63, 3.8) is 0 Å². The quantitative estimate of drug-likeness (QED) is 0.704. The van der Waals surface area contributed by atoms with Gasteiger partial charge in [-0.05, 0) is 19.0 Å². The summed E-state index contributed by atoms with van der Waals surface area (Å²) in [4.78, 5) is 6.00. The standard InChI is InChI=1S/C9H18N4O2/c1-4-13(3)8-11-7(15-12-8)5-9(2,14)6-10/h14H,4-6,10H2,1-3H3. The van der Waals surface area contributed by atoms with Crippen LogP contribution in [0.2, 0.25) is 0 Å². The van der Waals surface area contributed by atoms with Gasteiger partial charge in [-0.2, -0.15) is 4.98 Å². The van der Waals surface area contributed by atoms with Gasteiger partial charge in [-0.1, -0.05) is 0 Å². The predicted molar refractivity (Wildman–Crippen MR) is 56.6 cm³/mol. The van der Waals surface area contributed by atoms with Gasteiger partial charge in [0.25, 0.3) is 5.95 Å². The molecular weight excluding hydrogens is 196 g/mol. The molecule has 0 aromatic carbocycles. The lowest BCUT2D eigenvalue weighted by molar-refractivity contribution is 0.0610. The molecule has 0 aliphatic heterocycles. The van der Waals surface area contributed by atoms with Crippen molar-refractivity contribution in [2.24, 2.45) is 5.73 Å². The van der Waals surface area contributed by atoms with Crippen LogP contribution in [-0.4, -0.2) is 41.0 Å². The lowest BCUT2D eigenvalue weighted by atomic mass is 10.0. The molecule has 0 saturated heterocycles. The fourth-order valence-corrected chi connectivity index (χ4v) is 1.01. The highest BCUT2D eigenvalue weighted by atomic mass is 16.5. The highest BCUT2D eigenvalue weighted by Gasteiger charge is 2.23. The van der Waals surface area contributed by atoms with Crippen molar-refractivity contribution in [2.75, 3.05) is 25.0 Å². The minimum Gasteiger partial charge on any atom is -0.388 e. The number of anilines is 1. The van der Waals surface area contributed by atoms with E-state index in [-0.39, 0.29) is 13.0 Å². The van der Waals surface area contributed by atoms with Gasteiger partial charge in [-0.25, -0.2) is 0 Å². The highest BCUT2D eigenvalue weighted by Crippen LogP contribution is 2.13. The lowest BCUT2D eigenvalue weighted by Crippen LogP contribution is -2.36. The van der Waals surface area contributed by atoms with Gasteiger partial charge in [-0.15, -0.1) is 0 Å². The maximum Gasteiger partial charge on any atom is 0.265 e. The van der Waals surface area contributed by atoms with Gasteiger partial charge < -0.3 is 20.3 Å². The van der Waals surface area contributed by atoms with Crippen LogP contribution in [-0.2, 0) is 6.42 Å². The first-order valence-corrected chi connectivity index (χ1v) is 4.94. The smallest absolute Gasteiger partial charge is 0.265 e. The third kappa shape index (κ3) is 3.17. The Balaban J connectivity index is 2.68. The van der Waals surface area contributed by atoms with E-state index in [1.54, 1.807) is 6.92 Å². The van der Waals surface area contributed by atoms with Crippen molar-refractivity contribution in [1.82, 2.24) is 10.1 Å². The fourth-order valence-electron chi connectivity index (χ4n) is 1.01. The van der Waals surface area contributed by atoms with Crippen molar-refractivity contribution < 1.29 is 9.63 Å². The van der Waals surface area contributed by atoms with E-state index < -0.39 is 5.60 Å². The number of nitrogens with zero attached hydrogens (tertiary/aromatic N) is 3. The molecule has 1 heterocycles. The second kappa shape index (κ2) is 4.59. The fraction of sp³-hybridized carbons (Fsp3) is 0.778. The van der Waals surface area contributed by atoms with Crippen LogP contribution in [0.5, 0.6) is 0 Å². The van der Waals surface area contributed by atoms with Crippen molar-refractivity contribution in [3.8, 4) is 0 Å². The van der Waals surface area contributed by atoms with Crippen LogP contribution < -0.4 is 10.6 Å². The maximum atomic E-state index is 9.72. The van der Waals surface area contributed by atoms with Crippen molar-refractivity contribution in [1.29, 1.82) is 0 Å². The molecule has 0 amide bonds. The molecule has 6 nitrogen and oxygen atoms in total. The Morgan fingerprint density at radius 3 is 2.80 bits per heavy atom. The van der Waals surface area contributed by atoms with Crippen molar-refractivity contribution >= 4 is 5.95 Å². The molecule has 0 fully saturated rings. The van der Waals surface area contributed by atoms with Gasteiger partial charge in [0.15, 0.2) is 0 Å². The highest BCUT2D eigenvalue weighted by molar-refractivity contribution is 5.25. The number of aliphatic hydroxyl groups is 1. The van der Waals surface area contributed by atoms with Gasteiger partial charge >= 0.3 is 0 Å². The van der Waals surface area contributed by atoms with Gasteiger partial charge in [0.2, 0.25) is 5.89 Å². The second-order valence-electron chi connectivity index (χ2n) is 3.88. The first-order valence-electron chi connectivity index (χ1n) is 4.94. The molecule has 15 heavy (non-hydrogen) atoms. The number of hydrogen-bond donors (Lipinski definition) is 2. The minimum atomic E-state index is -0.991. The molecule has 1 aromatic heterocycles. The molecule has 0 radical (unpaired) electrons. The number of rotatable bonds is 5. The topological polar surface area (TPSA) is 88.4 Å². The third-order valence-electron chi connectivity index (χ3n) is 2.24. The summed E-state index contributed by atoms with van der Waals surface area (Å²) < 4.78 is 5.01. The van der Waals surface area contributed by atoms with Crippen LogP contribution in [0.15, 0.2) is 4.52 Å². The molecule has 86 valence electrons. The Hall–Kier alpha value is -1.14. The average molecular weight is 214 g/mol. The minimum absolute atomic E-state index is 0.161. The first-order chi connectivity index (χ1) is 6.98. The molecule has 0 spiro atoms. The molecule has 0 saturated carbocycles. The number of aromatic nitrogens is 2. The molecule has 0 bridgehead atoms. The molecule has 1 atom stereocenters. The molecule has 1 rings (SSSR count). The van der Waals surface area contributed by atoms with E-state index >= 15 is 0 Å². The van der Waals surface area contributed by atoms with Gasteiger partial charge in [0.1, 0.15) is 0 Å². The van der Waals surface area contributed by atoms with E-state index in [1.165, 1.54) is 0 Å². The third-order valence-corrected chi connectivity index (χ3v) is 2.24. The molecule has 0 aliphatic rings. The Kier molecular flexibility index (Phi) is 3.65. The zero-order chi connectivity index (χ0) is 11.5. The van der Waals surface area contributed by atoms with Gasteiger partial charge in [0, 0.05) is 20.1 Å². The van der Waals surface area contributed by atoms with Crippen molar-refractivity contribution in [2.45, 2.75) is 25.9 Å². The maximum absolute atomic E-state index is 9.72. The Labute approximate surface area is 89.1 Å². The first kappa shape index (κ1) is 11.9. The van der Waals surface area contributed by atoms with Crippen LogP contribution >= 0.6 is 0 Å². The summed E-state index contributed by atoms with van der Waals surface area (Å²) in [7, 11) is 1.87. The van der Waals surface area contributed by atoms with E-state index in [2.05, 4.69) is 10.1 Å². The largest absolute Gasteiger partial charge is 0.388 e. The van der Waals surface area contributed by atoms with Gasteiger partial charge in [-0.3, -0.25) is 0 Å². The Bertz CT molecular complexity index is 311. The average Bonchev–Trinajstić information content (AvgIpc) is 2.64. The summed E-state index contributed by atoms with van der Waals surface area (Å²) >= 11 is 0. The van der Waals surface area contributed by atoms with E-state index in [4.69, 9.17) is 10.3 Å². The van der Waals surface area contributed by atoms with Crippen LogP contribution in [0.1, 0.15) is 19.7 Å². The number of hydrogen-bond acceptors (Lipinski definition) is 6. The molecule has 3 N–H and O–H groups in total. The van der Waals surface area contributed by atoms with Crippen LogP contribution in [0.3, 0.4) is 0 Å². The van der Waals surface area contributed by atoms with Crippen LogP contribution in [0.25, 0.3) is 0 Å². The summed E-state index contributed by atoms with van der Waals surface area (Å²) in [6, 6.07) is 0. The van der Waals surface area contributed by atoms with Crippen molar-refractivity contribution in [3.05, 3.63) is 5.89 Å². The summed E-state index contributed by atoms with van der Waals surface area (Å²) in [6.45, 7) is 4.59. The Morgan fingerprint density at radius 2 is 2.27 bits per heavy atom. The zero-order valence-corrected chi connectivity index (χ0v) is 9.40. The van der Waals surface area contributed by atoms with E-state index in [1.807, 2.05) is 18.9 Å². The Morgan fingerprint density at radius 1 is 1.60 bits per heavy atom. The summed E-state index contributed by atoms with van der Waals surface area (Å²) in [5.74, 6) is 0.932. The van der Waals surface area contributed by atoms with Crippen LogP contribution in [0, 0.1) is 0 Å². The number of nitrogens with two attached hydrogens (primary N) is 1.